The smallest absolute Gasteiger partial charge is 0.356 e. The van der Waals surface area contributed by atoms with Gasteiger partial charge in [0.1, 0.15) is 0 Å². The number of hydrogen-bond donors (Lipinski definition) is 1. The van der Waals surface area contributed by atoms with Crippen LogP contribution in [0.3, 0.4) is 0 Å². The van der Waals surface area contributed by atoms with Gasteiger partial charge in [0.15, 0.2) is 0 Å². The summed E-state index contributed by atoms with van der Waals surface area (Å²) in [6, 6.07) is 4.80. The van der Waals surface area contributed by atoms with E-state index in [0.717, 1.165) is 31.4 Å². The van der Waals surface area contributed by atoms with E-state index in [9.17, 15) is 22.8 Å². The van der Waals surface area contributed by atoms with Gasteiger partial charge >= 0.3 is 6.18 Å². The number of benzene rings is 1. The molecule has 154 valence electrons. The molecule has 2 amide bonds. The molecule has 0 spiro atoms. The van der Waals surface area contributed by atoms with E-state index in [1.54, 1.807) is 11.8 Å². The van der Waals surface area contributed by atoms with Crippen LogP contribution >= 0.6 is 0 Å². The number of halogens is 3. The number of piperidine rings is 1. The second-order valence-corrected chi connectivity index (χ2v) is 7.25. The van der Waals surface area contributed by atoms with Crippen molar-refractivity contribution in [3.63, 3.8) is 0 Å². The molecule has 0 bridgehead atoms. The lowest BCUT2D eigenvalue weighted by atomic mass is 9.97. The van der Waals surface area contributed by atoms with Gasteiger partial charge in [-0.15, -0.1) is 0 Å². The zero-order valence-electron chi connectivity index (χ0n) is 16.3. The van der Waals surface area contributed by atoms with Gasteiger partial charge in [0.25, 0.3) is 0 Å². The summed E-state index contributed by atoms with van der Waals surface area (Å²) in [5, 5.41) is 2.91. The molecule has 0 aliphatic carbocycles. The lowest BCUT2D eigenvalue weighted by Crippen LogP contribution is -2.43. The summed E-state index contributed by atoms with van der Waals surface area (Å²) in [6.07, 6.45) is 0.229. The standard InChI is InChI=1S/C21H27F3N2O2/c1-3-5-19(27)25-13-16-6-4-11-26(14-16)20(28)12-15(2)17-7-9-18(10-8-17)21(22,23)24/h7-10,12,16H,3-6,11,13-14H2,1-2H3,(H,25,27)/b15-12-. The maximum Gasteiger partial charge on any atom is 0.416 e. The minimum Gasteiger partial charge on any atom is -0.356 e. The monoisotopic (exact) mass is 396 g/mol. The Labute approximate surface area is 163 Å². The van der Waals surface area contributed by atoms with Gasteiger partial charge in [0.2, 0.25) is 11.8 Å². The normalized spacial score (nSPS) is 18.1. The first-order valence-corrected chi connectivity index (χ1v) is 9.62. The third-order valence-corrected chi connectivity index (χ3v) is 4.90. The molecule has 1 aromatic rings. The number of allylic oxidation sites excluding steroid dienone is 1. The molecule has 4 nitrogen and oxygen atoms in total. The fourth-order valence-corrected chi connectivity index (χ4v) is 3.29. The number of amides is 2. The van der Waals surface area contributed by atoms with Gasteiger partial charge in [-0.3, -0.25) is 9.59 Å². The molecule has 1 saturated heterocycles. The molecule has 1 fully saturated rings. The highest BCUT2D eigenvalue weighted by Gasteiger charge is 2.30. The molecule has 0 saturated carbocycles. The molecule has 1 aliphatic rings. The highest BCUT2D eigenvalue weighted by atomic mass is 19.4. The van der Waals surface area contributed by atoms with Crippen molar-refractivity contribution in [2.45, 2.75) is 45.7 Å². The largest absolute Gasteiger partial charge is 0.416 e. The molecule has 1 atom stereocenters. The Balaban J connectivity index is 1.95. The Morgan fingerprint density at radius 2 is 1.93 bits per heavy atom. The third kappa shape index (κ3) is 6.39. The van der Waals surface area contributed by atoms with Crippen LogP contribution in [0.2, 0.25) is 0 Å². The summed E-state index contributed by atoms with van der Waals surface area (Å²) in [6.45, 7) is 5.44. The Kier molecular flexibility index (Phi) is 7.66. The van der Waals surface area contributed by atoms with E-state index in [1.165, 1.54) is 18.2 Å². The predicted molar refractivity (Wildman–Crippen MR) is 102 cm³/mol. The quantitative estimate of drug-likeness (QED) is 0.731. The number of carbonyl (C=O) groups excluding carboxylic acids is 2. The Morgan fingerprint density at radius 1 is 1.25 bits per heavy atom. The lowest BCUT2D eigenvalue weighted by molar-refractivity contribution is -0.137. The van der Waals surface area contributed by atoms with Crippen molar-refractivity contribution in [2.75, 3.05) is 19.6 Å². The molecule has 1 heterocycles. The van der Waals surface area contributed by atoms with Gasteiger partial charge < -0.3 is 10.2 Å². The number of nitrogens with zero attached hydrogens (tertiary/aromatic N) is 1. The zero-order chi connectivity index (χ0) is 20.7. The summed E-state index contributed by atoms with van der Waals surface area (Å²) >= 11 is 0. The van der Waals surface area contributed by atoms with E-state index in [2.05, 4.69) is 5.32 Å². The average Bonchev–Trinajstić information content (AvgIpc) is 2.66. The van der Waals surface area contributed by atoms with E-state index < -0.39 is 11.7 Å². The summed E-state index contributed by atoms with van der Waals surface area (Å²) in [4.78, 5) is 25.9. The van der Waals surface area contributed by atoms with Crippen LogP contribution in [0.1, 0.15) is 50.7 Å². The lowest BCUT2D eigenvalue weighted by Gasteiger charge is -2.32. The van der Waals surface area contributed by atoms with Crippen molar-refractivity contribution < 1.29 is 22.8 Å². The van der Waals surface area contributed by atoms with Crippen LogP contribution in [0, 0.1) is 5.92 Å². The van der Waals surface area contributed by atoms with Gasteiger partial charge in [-0.25, -0.2) is 0 Å². The topological polar surface area (TPSA) is 49.4 Å². The summed E-state index contributed by atoms with van der Waals surface area (Å²) in [7, 11) is 0. The summed E-state index contributed by atoms with van der Waals surface area (Å²) in [5.41, 5.74) is 0.498. The fourth-order valence-electron chi connectivity index (χ4n) is 3.29. The Bertz CT molecular complexity index is 711. The minimum absolute atomic E-state index is 0.0315. The van der Waals surface area contributed by atoms with Gasteiger partial charge in [-0.05, 0) is 55.4 Å². The van der Waals surface area contributed by atoms with Crippen LogP contribution in [0.15, 0.2) is 30.3 Å². The van der Waals surface area contributed by atoms with Gasteiger partial charge in [-0.2, -0.15) is 13.2 Å². The molecule has 0 radical (unpaired) electrons. The highest BCUT2D eigenvalue weighted by Crippen LogP contribution is 2.30. The number of rotatable bonds is 6. The fraction of sp³-hybridized carbons (Fsp3) is 0.524. The van der Waals surface area contributed by atoms with Crippen LogP contribution in [0.4, 0.5) is 13.2 Å². The molecule has 0 aromatic heterocycles. The molecular formula is C21H27F3N2O2. The van der Waals surface area contributed by atoms with E-state index in [1.807, 2.05) is 6.92 Å². The van der Waals surface area contributed by atoms with E-state index >= 15 is 0 Å². The molecule has 1 unspecified atom stereocenters. The van der Waals surface area contributed by atoms with Crippen molar-refractivity contribution in [3.8, 4) is 0 Å². The number of carbonyl (C=O) groups is 2. The highest BCUT2D eigenvalue weighted by molar-refractivity contribution is 5.95. The van der Waals surface area contributed by atoms with Crippen LogP contribution in [-0.2, 0) is 15.8 Å². The predicted octanol–water partition coefficient (Wildman–Crippen LogP) is 4.26. The molecule has 7 heteroatoms. The van der Waals surface area contributed by atoms with Crippen molar-refractivity contribution in [1.82, 2.24) is 10.2 Å². The maximum atomic E-state index is 12.7. The van der Waals surface area contributed by atoms with Crippen molar-refractivity contribution in [2.24, 2.45) is 5.92 Å². The van der Waals surface area contributed by atoms with Gasteiger partial charge in [0, 0.05) is 32.1 Å². The third-order valence-electron chi connectivity index (χ3n) is 4.90. The zero-order valence-corrected chi connectivity index (χ0v) is 16.3. The molecule has 1 aromatic carbocycles. The molecule has 2 rings (SSSR count). The molecule has 28 heavy (non-hydrogen) atoms. The van der Waals surface area contributed by atoms with Crippen molar-refractivity contribution >= 4 is 17.4 Å². The second kappa shape index (κ2) is 9.75. The SMILES string of the molecule is CCCC(=O)NCC1CCCN(C(=O)/C=C(/C)c2ccc(C(F)(F)F)cc2)C1. The number of nitrogens with one attached hydrogen (secondary N) is 1. The molecular weight excluding hydrogens is 369 g/mol. The first-order valence-electron chi connectivity index (χ1n) is 9.62. The Morgan fingerprint density at radius 3 is 2.54 bits per heavy atom. The van der Waals surface area contributed by atoms with Crippen LogP contribution in [0.5, 0.6) is 0 Å². The van der Waals surface area contributed by atoms with Gasteiger partial charge in [0.05, 0.1) is 5.56 Å². The van der Waals surface area contributed by atoms with E-state index in [4.69, 9.17) is 0 Å². The first-order chi connectivity index (χ1) is 13.2. The molecule has 1 aliphatic heterocycles. The van der Waals surface area contributed by atoms with Crippen LogP contribution in [-0.4, -0.2) is 36.3 Å². The Hall–Kier alpha value is -2.31. The minimum atomic E-state index is -4.37. The number of likely N-dealkylation sites (tertiary alicyclic amines) is 1. The van der Waals surface area contributed by atoms with Gasteiger partial charge in [-0.1, -0.05) is 19.1 Å². The van der Waals surface area contributed by atoms with E-state index in [0.29, 0.717) is 37.2 Å². The van der Waals surface area contributed by atoms with Crippen molar-refractivity contribution in [3.05, 3.63) is 41.5 Å². The molecule has 1 N–H and O–H groups in total. The van der Waals surface area contributed by atoms with E-state index in [-0.39, 0.29) is 17.7 Å². The summed E-state index contributed by atoms with van der Waals surface area (Å²) in [5.74, 6) is 0.101. The van der Waals surface area contributed by atoms with Crippen LogP contribution in [0.25, 0.3) is 5.57 Å². The average molecular weight is 396 g/mol. The number of alkyl halides is 3. The van der Waals surface area contributed by atoms with Crippen molar-refractivity contribution in [1.29, 1.82) is 0 Å². The maximum absolute atomic E-state index is 12.7. The first kappa shape index (κ1) is 22.0. The number of hydrogen-bond acceptors (Lipinski definition) is 2. The summed E-state index contributed by atoms with van der Waals surface area (Å²) < 4.78 is 38.0. The second-order valence-electron chi connectivity index (χ2n) is 7.25. The van der Waals surface area contributed by atoms with Crippen LogP contribution < -0.4 is 5.32 Å².